The van der Waals surface area contributed by atoms with E-state index in [0.717, 1.165) is 36.4 Å². The summed E-state index contributed by atoms with van der Waals surface area (Å²) in [5, 5.41) is 0.735. The fourth-order valence-electron chi connectivity index (χ4n) is 4.23. The molecule has 1 amide bonds. The Bertz CT molecular complexity index is 1550. The van der Waals surface area contributed by atoms with Crippen molar-refractivity contribution in [1.82, 2.24) is 4.98 Å². The Morgan fingerprint density at radius 1 is 0.806 bits per heavy atom. The molecule has 6 rings (SSSR count). The van der Waals surface area contributed by atoms with Crippen LogP contribution in [0.4, 0.5) is 11.4 Å². The molecular formula is C29H20N2O3S2. The topological polar surface area (TPSA) is 59.5 Å². The number of fused-ring (bicyclic) bond motifs is 3. The molecule has 0 N–H and O–H groups in total. The number of hydrogen-bond acceptors (Lipinski definition) is 6. The second-order valence-corrected chi connectivity index (χ2v) is 10.4. The van der Waals surface area contributed by atoms with Crippen molar-refractivity contribution in [3.63, 3.8) is 0 Å². The lowest BCUT2D eigenvalue weighted by molar-refractivity contribution is -0.125. The van der Waals surface area contributed by atoms with Crippen molar-refractivity contribution in [3.05, 3.63) is 103 Å². The van der Waals surface area contributed by atoms with Gasteiger partial charge in [-0.05, 0) is 49.4 Å². The summed E-state index contributed by atoms with van der Waals surface area (Å²) in [7, 11) is 0. The minimum absolute atomic E-state index is 0.305. The highest BCUT2D eigenvalue weighted by Crippen LogP contribution is 2.48. The Morgan fingerprint density at radius 2 is 1.42 bits per heavy atom. The maximum atomic E-state index is 13.7. The van der Waals surface area contributed by atoms with Gasteiger partial charge in [-0.2, -0.15) is 0 Å². The van der Waals surface area contributed by atoms with Gasteiger partial charge in [-0.3, -0.25) is 9.69 Å². The van der Waals surface area contributed by atoms with Crippen LogP contribution in [0.1, 0.15) is 17.3 Å². The van der Waals surface area contributed by atoms with E-state index in [9.17, 15) is 9.59 Å². The Balaban J connectivity index is 1.30. The largest absolute Gasteiger partial charge is 0.449 e. The van der Waals surface area contributed by atoms with Crippen LogP contribution in [0, 0.1) is 0 Å². The number of rotatable bonds is 4. The summed E-state index contributed by atoms with van der Waals surface area (Å²) in [5.41, 5.74) is 3.51. The predicted molar refractivity (Wildman–Crippen MR) is 144 cm³/mol. The highest BCUT2D eigenvalue weighted by atomic mass is 32.2. The lowest BCUT2D eigenvalue weighted by atomic mass is 10.1. The van der Waals surface area contributed by atoms with Gasteiger partial charge < -0.3 is 4.74 Å². The van der Waals surface area contributed by atoms with Gasteiger partial charge in [0, 0.05) is 15.4 Å². The Kier molecular flexibility index (Phi) is 5.79. The molecule has 1 atom stereocenters. The highest BCUT2D eigenvalue weighted by Gasteiger charge is 2.33. The van der Waals surface area contributed by atoms with Crippen LogP contribution in [0.25, 0.3) is 20.8 Å². The number of para-hydroxylation sites is 3. The molecule has 7 heteroatoms. The Labute approximate surface area is 216 Å². The number of carbonyl (C=O) groups excluding carboxylic acids is 2. The molecule has 2 heterocycles. The number of nitrogens with zero attached hydrogens (tertiary/aromatic N) is 2. The second-order valence-electron chi connectivity index (χ2n) is 8.29. The van der Waals surface area contributed by atoms with E-state index in [1.807, 2.05) is 84.9 Å². The zero-order chi connectivity index (χ0) is 24.6. The van der Waals surface area contributed by atoms with E-state index in [2.05, 4.69) is 0 Å². The fourth-order valence-corrected chi connectivity index (χ4v) is 6.30. The number of anilines is 2. The van der Waals surface area contributed by atoms with E-state index in [0.29, 0.717) is 11.1 Å². The molecule has 5 aromatic rings. The van der Waals surface area contributed by atoms with Crippen molar-refractivity contribution in [1.29, 1.82) is 0 Å². The molecule has 1 aliphatic heterocycles. The molecule has 0 radical (unpaired) electrons. The standard InChI is InChI=1S/C29H20N2O3S2/c1-18(28(32)31-22-13-5-8-16-25(22)35-26-17-9-6-14-23(26)31)34-29(33)20-11-3-2-10-19(20)27-30-21-12-4-7-15-24(21)36-27/h2-18H,1H3. The first-order chi connectivity index (χ1) is 17.6. The first kappa shape index (κ1) is 22.5. The molecule has 0 spiro atoms. The van der Waals surface area contributed by atoms with Crippen molar-refractivity contribution >= 4 is 56.6 Å². The van der Waals surface area contributed by atoms with Crippen LogP contribution in [0.2, 0.25) is 0 Å². The number of carbonyl (C=O) groups is 2. The van der Waals surface area contributed by atoms with Crippen molar-refractivity contribution in [2.45, 2.75) is 22.8 Å². The number of hydrogen-bond donors (Lipinski definition) is 0. The van der Waals surface area contributed by atoms with E-state index in [4.69, 9.17) is 9.72 Å². The third kappa shape index (κ3) is 3.96. The summed E-state index contributed by atoms with van der Waals surface area (Å²) in [6.07, 6.45) is -0.995. The maximum Gasteiger partial charge on any atom is 0.339 e. The molecule has 0 aliphatic carbocycles. The van der Waals surface area contributed by atoms with Gasteiger partial charge in [0.05, 0.1) is 27.2 Å². The summed E-state index contributed by atoms with van der Waals surface area (Å²) >= 11 is 3.14. The quantitative estimate of drug-likeness (QED) is 0.238. The van der Waals surface area contributed by atoms with Gasteiger partial charge in [-0.1, -0.05) is 66.4 Å². The normalized spacial score (nSPS) is 13.1. The molecule has 1 aliphatic rings. The molecule has 0 bridgehead atoms. The number of thiazole rings is 1. The highest BCUT2D eigenvalue weighted by molar-refractivity contribution is 7.99. The van der Waals surface area contributed by atoms with Crippen LogP contribution in [0.3, 0.4) is 0 Å². The minimum atomic E-state index is -0.995. The summed E-state index contributed by atoms with van der Waals surface area (Å²) in [4.78, 5) is 35.3. The van der Waals surface area contributed by atoms with Gasteiger partial charge in [0.15, 0.2) is 6.10 Å². The average molecular weight is 509 g/mol. The number of amides is 1. The smallest absolute Gasteiger partial charge is 0.339 e. The van der Waals surface area contributed by atoms with Crippen LogP contribution < -0.4 is 4.90 Å². The van der Waals surface area contributed by atoms with E-state index in [1.54, 1.807) is 35.7 Å². The van der Waals surface area contributed by atoms with Gasteiger partial charge in [0.25, 0.3) is 5.91 Å². The van der Waals surface area contributed by atoms with Gasteiger partial charge in [0.2, 0.25) is 0 Å². The van der Waals surface area contributed by atoms with E-state index >= 15 is 0 Å². The zero-order valence-corrected chi connectivity index (χ0v) is 20.9. The monoisotopic (exact) mass is 508 g/mol. The van der Waals surface area contributed by atoms with Crippen LogP contribution >= 0.6 is 23.1 Å². The molecule has 1 unspecified atom stereocenters. The van der Waals surface area contributed by atoms with Gasteiger partial charge in [0.1, 0.15) is 5.01 Å². The molecule has 1 aromatic heterocycles. The van der Waals surface area contributed by atoms with Crippen LogP contribution in [-0.4, -0.2) is 23.0 Å². The summed E-state index contributed by atoms with van der Waals surface area (Å²) in [6, 6.07) is 30.6. The third-order valence-electron chi connectivity index (χ3n) is 5.96. The van der Waals surface area contributed by atoms with E-state index in [1.165, 1.54) is 11.3 Å². The predicted octanol–water partition coefficient (Wildman–Crippen LogP) is 7.34. The number of esters is 1. The van der Waals surface area contributed by atoms with E-state index < -0.39 is 12.1 Å². The van der Waals surface area contributed by atoms with E-state index in [-0.39, 0.29) is 5.91 Å². The molecule has 0 saturated heterocycles. The van der Waals surface area contributed by atoms with Crippen LogP contribution in [-0.2, 0) is 9.53 Å². The Hall–Kier alpha value is -3.94. The lowest BCUT2D eigenvalue weighted by Gasteiger charge is -2.32. The first-order valence-corrected chi connectivity index (χ1v) is 13.1. The molecule has 176 valence electrons. The summed E-state index contributed by atoms with van der Waals surface area (Å²) in [6.45, 7) is 1.62. The minimum Gasteiger partial charge on any atom is -0.449 e. The first-order valence-electron chi connectivity index (χ1n) is 11.5. The second kappa shape index (κ2) is 9.26. The third-order valence-corrected chi connectivity index (χ3v) is 8.16. The molecule has 36 heavy (non-hydrogen) atoms. The van der Waals surface area contributed by atoms with Crippen molar-refractivity contribution in [3.8, 4) is 10.6 Å². The summed E-state index contributed by atoms with van der Waals surface area (Å²) < 4.78 is 6.80. The van der Waals surface area contributed by atoms with Crippen LogP contribution in [0.5, 0.6) is 0 Å². The molecule has 4 aromatic carbocycles. The number of benzene rings is 4. The lowest BCUT2D eigenvalue weighted by Crippen LogP contribution is -2.38. The van der Waals surface area contributed by atoms with Gasteiger partial charge in [-0.25, -0.2) is 9.78 Å². The van der Waals surface area contributed by atoms with Gasteiger partial charge in [-0.15, -0.1) is 11.3 Å². The molecule has 0 fully saturated rings. The maximum absolute atomic E-state index is 13.7. The molecule has 5 nitrogen and oxygen atoms in total. The number of ether oxygens (including phenoxy) is 1. The summed E-state index contributed by atoms with van der Waals surface area (Å²) in [5.74, 6) is -0.861. The van der Waals surface area contributed by atoms with Crippen LogP contribution in [0.15, 0.2) is 107 Å². The fraction of sp³-hybridized carbons (Fsp3) is 0.0690. The number of aromatic nitrogens is 1. The van der Waals surface area contributed by atoms with Crippen molar-refractivity contribution < 1.29 is 14.3 Å². The van der Waals surface area contributed by atoms with Gasteiger partial charge >= 0.3 is 5.97 Å². The SMILES string of the molecule is CC(OC(=O)c1ccccc1-c1nc2ccccc2s1)C(=O)N1c2ccccc2Sc2ccccc21. The van der Waals surface area contributed by atoms with Crippen molar-refractivity contribution in [2.75, 3.05) is 4.90 Å². The van der Waals surface area contributed by atoms with Crippen molar-refractivity contribution in [2.24, 2.45) is 0 Å². The Morgan fingerprint density at radius 3 is 2.14 bits per heavy atom. The molecule has 0 saturated carbocycles. The average Bonchev–Trinajstić information content (AvgIpc) is 3.35. The zero-order valence-electron chi connectivity index (χ0n) is 19.3. The molecular weight excluding hydrogens is 488 g/mol.